The van der Waals surface area contributed by atoms with E-state index in [1.54, 1.807) is 0 Å². The molecular weight excluding hydrogens is 256 g/mol. The lowest BCUT2D eigenvalue weighted by Gasteiger charge is -2.36. The van der Waals surface area contributed by atoms with E-state index in [4.69, 9.17) is 17.4 Å². The first-order valence-corrected chi connectivity index (χ1v) is 7.61. The van der Waals surface area contributed by atoms with Gasteiger partial charge in [0.05, 0.1) is 6.04 Å². The monoisotopic (exact) mass is 280 g/mol. The van der Waals surface area contributed by atoms with Crippen molar-refractivity contribution in [2.24, 2.45) is 23.6 Å². The predicted molar refractivity (Wildman–Crippen MR) is 81.9 cm³/mol. The minimum atomic E-state index is 0.165. The molecule has 1 saturated carbocycles. The Labute approximate surface area is 121 Å². The van der Waals surface area contributed by atoms with Crippen molar-refractivity contribution < 1.29 is 0 Å². The molecule has 0 aliphatic heterocycles. The third-order valence-electron chi connectivity index (χ3n) is 4.36. The van der Waals surface area contributed by atoms with Gasteiger partial charge in [-0.3, -0.25) is 11.3 Å². The van der Waals surface area contributed by atoms with E-state index in [0.29, 0.717) is 5.92 Å². The van der Waals surface area contributed by atoms with E-state index in [1.165, 1.54) is 24.8 Å². The Morgan fingerprint density at radius 2 is 1.84 bits per heavy atom. The average Bonchev–Trinajstić information content (AvgIpc) is 2.31. The topological polar surface area (TPSA) is 38.0 Å². The van der Waals surface area contributed by atoms with E-state index in [0.717, 1.165) is 22.4 Å². The second-order valence-corrected chi connectivity index (χ2v) is 6.75. The molecule has 2 rings (SSSR count). The number of aryl methyl sites for hydroxylation is 1. The van der Waals surface area contributed by atoms with Crippen LogP contribution in [0.4, 0.5) is 0 Å². The molecule has 3 unspecified atom stereocenters. The fraction of sp³-hybridized carbons (Fsp3) is 0.625. The van der Waals surface area contributed by atoms with Crippen LogP contribution in [0.2, 0.25) is 5.02 Å². The molecule has 1 aromatic rings. The molecule has 1 aliphatic carbocycles. The van der Waals surface area contributed by atoms with E-state index in [-0.39, 0.29) is 6.04 Å². The summed E-state index contributed by atoms with van der Waals surface area (Å²) in [5, 5.41) is 0.828. The molecule has 19 heavy (non-hydrogen) atoms. The summed E-state index contributed by atoms with van der Waals surface area (Å²) in [5.41, 5.74) is 5.33. The van der Waals surface area contributed by atoms with Crippen LogP contribution in [0.1, 0.15) is 50.3 Å². The number of rotatable bonds is 3. The van der Waals surface area contributed by atoms with Crippen molar-refractivity contribution >= 4 is 11.6 Å². The first kappa shape index (κ1) is 14.8. The molecule has 1 fully saturated rings. The molecule has 106 valence electrons. The van der Waals surface area contributed by atoms with Crippen LogP contribution in [0.5, 0.6) is 0 Å². The molecule has 0 radical (unpaired) electrons. The summed E-state index contributed by atoms with van der Waals surface area (Å²) in [6, 6.07) is 6.42. The fourth-order valence-electron chi connectivity index (χ4n) is 3.65. The highest BCUT2D eigenvalue weighted by Gasteiger charge is 2.31. The number of hydrogen-bond acceptors (Lipinski definition) is 2. The zero-order chi connectivity index (χ0) is 14.0. The second kappa shape index (κ2) is 6.25. The molecule has 3 N–H and O–H groups in total. The SMILES string of the molecule is Cc1ccc(C(NN)C2CC(C)CC(C)C2)c(Cl)c1. The van der Waals surface area contributed by atoms with Crippen LogP contribution in [-0.2, 0) is 0 Å². The lowest BCUT2D eigenvalue weighted by molar-refractivity contribution is 0.177. The third kappa shape index (κ3) is 3.50. The van der Waals surface area contributed by atoms with Gasteiger partial charge in [0, 0.05) is 5.02 Å². The van der Waals surface area contributed by atoms with Gasteiger partial charge in [0.25, 0.3) is 0 Å². The van der Waals surface area contributed by atoms with Gasteiger partial charge < -0.3 is 0 Å². The lowest BCUT2D eigenvalue weighted by atomic mass is 9.72. The van der Waals surface area contributed by atoms with E-state index < -0.39 is 0 Å². The Hall–Kier alpha value is -0.570. The smallest absolute Gasteiger partial charge is 0.0503 e. The van der Waals surface area contributed by atoms with Gasteiger partial charge in [-0.05, 0) is 61.1 Å². The van der Waals surface area contributed by atoms with Crippen LogP contribution < -0.4 is 11.3 Å². The Morgan fingerprint density at radius 1 is 1.21 bits per heavy atom. The number of halogens is 1. The van der Waals surface area contributed by atoms with Gasteiger partial charge in [-0.25, -0.2) is 0 Å². The first-order chi connectivity index (χ1) is 9.01. The van der Waals surface area contributed by atoms with Crippen LogP contribution in [0.3, 0.4) is 0 Å². The van der Waals surface area contributed by atoms with Crippen molar-refractivity contribution in [3.8, 4) is 0 Å². The highest BCUT2D eigenvalue weighted by molar-refractivity contribution is 6.31. The van der Waals surface area contributed by atoms with E-state index in [9.17, 15) is 0 Å². The van der Waals surface area contributed by atoms with Gasteiger partial charge >= 0.3 is 0 Å². The Bertz CT molecular complexity index is 423. The van der Waals surface area contributed by atoms with Crippen LogP contribution >= 0.6 is 11.6 Å². The molecule has 0 saturated heterocycles. The number of hydrazine groups is 1. The third-order valence-corrected chi connectivity index (χ3v) is 4.68. The van der Waals surface area contributed by atoms with Crippen LogP contribution in [0.25, 0.3) is 0 Å². The minimum Gasteiger partial charge on any atom is -0.271 e. The zero-order valence-electron chi connectivity index (χ0n) is 12.1. The van der Waals surface area contributed by atoms with Crippen molar-refractivity contribution in [1.82, 2.24) is 5.43 Å². The highest BCUT2D eigenvalue weighted by Crippen LogP contribution is 2.41. The van der Waals surface area contributed by atoms with Gasteiger partial charge in [-0.2, -0.15) is 0 Å². The second-order valence-electron chi connectivity index (χ2n) is 6.35. The number of benzene rings is 1. The number of hydrogen-bond donors (Lipinski definition) is 2. The maximum absolute atomic E-state index is 6.40. The predicted octanol–water partition coefficient (Wildman–Crippen LogP) is 4.23. The number of nitrogens with one attached hydrogen (secondary N) is 1. The minimum absolute atomic E-state index is 0.165. The molecule has 0 bridgehead atoms. The van der Waals surface area contributed by atoms with Gasteiger partial charge in [0.2, 0.25) is 0 Å². The van der Waals surface area contributed by atoms with Crippen molar-refractivity contribution in [1.29, 1.82) is 0 Å². The molecule has 0 heterocycles. The van der Waals surface area contributed by atoms with Crippen molar-refractivity contribution in [3.05, 3.63) is 34.3 Å². The summed E-state index contributed by atoms with van der Waals surface area (Å²) in [7, 11) is 0. The Balaban J connectivity index is 2.23. The van der Waals surface area contributed by atoms with Crippen molar-refractivity contribution in [2.75, 3.05) is 0 Å². The first-order valence-electron chi connectivity index (χ1n) is 7.23. The fourth-order valence-corrected chi connectivity index (χ4v) is 4.00. The summed E-state index contributed by atoms with van der Waals surface area (Å²) in [6.45, 7) is 6.74. The quantitative estimate of drug-likeness (QED) is 0.642. The molecule has 1 aliphatic rings. The van der Waals surface area contributed by atoms with Gasteiger partial charge in [0.1, 0.15) is 0 Å². The summed E-state index contributed by atoms with van der Waals surface area (Å²) in [5.74, 6) is 7.94. The number of nitrogens with two attached hydrogens (primary N) is 1. The molecular formula is C16H25ClN2. The molecule has 3 atom stereocenters. The van der Waals surface area contributed by atoms with Gasteiger partial charge in [-0.1, -0.05) is 37.6 Å². The summed E-state index contributed by atoms with van der Waals surface area (Å²) in [4.78, 5) is 0. The maximum Gasteiger partial charge on any atom is 0.0503 e. The zero-order valence-corrected chi connectivity index (χ0v) is 12.9. The van der Waals surface area contributed by atoms with Gasteiger partial charge in [0.15, 0.2) is 0 Å². The molecule has 1 aromatic carbocycles. The van der Waals surface area contributed by atoms with Crippen LogP contribution in [0.15, 0.2) is 18.2 Å². The van der Waals surface area contributed by atoms with Crippen molar-refractivity contribution in [2.45, 2.75) is 46.1 Å². The summed E-state index contributed by atoms with van der Waals surface area (Å²) >= 11 is 6.40. The molecule has 0 spiro atoms. The molecule has 2 nitrogen and oxygen atoms in total. The Morgan fingerprint density at radius 3 is 2.37 bits per heavy atom. The summed E-state index contributed by atoms with van der Waals surface area (Å²) in [6.07, 6.45) is 3.78. The molecule has 0 amide bonds. The van der Waals surface area contributed by atoms with Gasteiger partial charge in [-0.15, -0.1) is 0 Å². The molecule has 3 heteroatoms. The van der Waals surface area contributed by atoms with E-state index in [2.05, 4.69) is 38.3 Å². The standard InChI is InChI=1S/C16H25ClN2/c1-10-4-5-14(15(17)9-10)16(19-18)13-7-11(2)6-12(3)8-13/h4-5,9,11-13,16,19H,6-8,18H2,1-3H3. The van der Waals surface area contributed by atoms with Crippen LogP contribution in [-0.4, -0.2) is 0 Å². The lowest BCUT2D eigenvalue weighted by Crippen LogP contribution is -2.37. The van der Waals surface area contributed by atoms with Crippen molar-refractivity contribution in [3.63, 3.8) is 0 Å². The van der Waals surface area contributed by atoms with E-state index in [1.807, 2.05) is 6.07 Å². The van der Waals surface area contributed by atoms with E-state index >= 15 is 0 Å². The largest absolute Gasteiger partial charge is 0.271 e. The Kier molecular flexibility index (Phi) is 4.88. The summed E-state index contributed by atoms with van der Waals surface area (Å²) < 4.78 is 0. The maximum atomic E-state index is 6.40. The van der Waals surface area contributed by atoms with Crippen LogP contribution in [0, 0.1) is 24.7 Å². The molecule has 0 aromatic heterocycles. The highest BCUT2D eigenvalue weighted by atomic mass is 35.5. The normalized spacial score (nSPS) is 29.2. The average molecular weight is 281 g/mol.